The first-order valence-corrected chi connectivity index (χ1v) is 13.1. The Labute approximate surface area is 272 Å². The molecule has 0 saturated heterocycles. The third kappa shape index (κ3) is 45.7. The van der Waals surface area contributed by atoms with E-state index in [1.165, 1.54) is 0 Å². The molecule has 0 aliphatic rings. The Morgan fingerprint density at radius 2 is 0.419 bits per heavy atom. The van der Waals surface area contributed by atoms with Crippen molar-refractivity contribution < 1.29 is 230 Å². The number of hydrogen-bond acceptors (Lipinski definition) is 20. The third-order valence-corrected chi connectivity index (χ3v) is 7.20. The number of phosphoric acid groups is 6. The average molecular weight is 1070 g/mol. The predicted molar refractivity (Wildman–Crippen MR) is 50.0 cm³/mol. The fraction of sp³-hybridized carbons (Fsp3) is 0. The van der Waals surface area contributed by atoms with Gasteiger partial charge >= 0.3 is 136 Å². The van der Waals surface area contributed by atoms with Gasteiger partial charge in [-0.05, 0) is 0 Å². The summed E-state index contributed by atoms with van der Waals surface area (Å²) in [6, 6.07) is 0. The molecule has 0 aliphatic carbocycles. The summed E-state index contributed by atoms with van der Waals surface area (Å²) in [4.78, 5) is 97.3. The standard InChI is InChI=1S/5Cd.2H5O10P3/c;;;;;2*1-11(2,3)9-13(7,8)10-12(4,5)6/h;;;;;2*(H,7,8)(H2,1,2,3)(H2,4,5,6)/q5*+2;;/p-10. The van der Waals surface area contributed by atoms with Gasteiger partial charge in [-0.2, -0.15) is 0 Å². The van der Waals surface area contributed by atoms with Gasteiger partial charge in [0.1, 0.15) is 0 Å². The van der Waals surface area contributed by atoms with Crippen LogP contribution in [0.25, 0.3) is 0 Å². The molecule has 0 unspecified atom stereocenters. The minimum atomic E-state index is -5.97. The van der Waals surface area contributed by atoms with Crippen LogP contribution in [0.1, 0.15) is 0 Å². The maximum Gasteiger partial charge on any atom is 2.00 e. The molecular weight excluding hydrogens is 1070 g/mol. The van der Waals surface area contributed by atoms with Crippen molar-refractivity contribution in [2.45, 2.75) is 0 Å². The van der Waals surface area contributed by atoms with Gasteiger partial charge in [0.2, 0.25) is 0 Å². The van der Waals surface area contributed by atoms with E-state index in [4.69, 9.17) is 0 Å². The second-order valence-electron chi connectivity index (χ2n) is 3.01. The van der Waals surface area contributed by atoms with Gasteiger partial charge in [0.15, 0.2) is 0 Å². The van der Waals surface area contributed by atoms with Crippen LogP contribution in [0.5, 0.6) is 0 Å². The van der Waals surface area contributed by atoms with Gasteiger partial charge in [-0.25, -0.2) is 0 Å². The van der Waals surface area contributed by atoms with E-state index in [-0.39, 0.29) is 136 Å². The third-order valence-electron chi connectivity index (χ3n) is 0.800. The molecule has 0 aromatic carbocycles. The Kier molecular flexibility index (Phi) is 34.7. The van der Waals surface area contributed by atoms with E-state index in [0.717, 1.165) is 0 Å². The Balaban J connectivity index is -0.0000000640. The smallest absolute Gasteiger partial charge is 0.790 e. The fourth-order valence-corrected chi connectivity index (χ4v) is 5.21. The Morgan fingerprint density at radius 1 is 0.323 bits per heavy atom. The van der Waals surface area contributed by atoms with Crippen LogP contribution in [-0.2, 0) is 181 Å². The molecule has 0 aromatic rings. The normalized spacial score (nSPS) is 12.2. The summed E-state index contributed by atoms with van der Waals surface area (Å²) in [5.41, 5.74) is 0. The van der Waals surface area contributed by atoms with Gasteiger partial charge in [-0.1, -0.05) is 0 Å². The Bertz CT molecular complexity index is 628. The van der Waals surface area contributed by atoms with E-state index in [9.17, 15) is 76.3 Å². The van der Waals surface area contributed by atoms with Crippen LogP contribution in [0.4, 0.5) is 0 Å². The first kappa shape index (κ1) is 52.8. The van der Waals surface area contributed by atoms with Crippen molar-refractivity contribution in [1.29, 1.82) is 0 Å². The summed E-state index contributed by atoms with van der Waals surface area (Å²) < 4.78 is 69.4. The molecular formula is Cd5O20P6. The Hall–Kier alpha value is 5.43. The zero-order chi connectivity index (χ0) is 21.8. The molecule has 160 valence electrons. The van der Waals surface area contributed by atoms with Crippen molar-refractivity contribution >= 4 is 46.9 Å². The molecule has 0 radical (unpaired) electrons. The van der Waals surface area contributed by atoms with Crippen LogP contribution < -0.4 is 48.9 Å². The molecule has 0 saturated carbocycles. The molecule has 0 heterocycles. The monoisotopic (exact) mass is 1080 g/mol. The maximum atomic E-state index is 10.1. The van der Waals surface area contributed by atoms with Gasteiger partial charge in [-0.15, -0.1) is 0 Å². The van der Waals surface area contributed by atoms with Crippen LogP contribution in [0.3, 0.4) is 0 Å². The minimum Gasteiger partial charge on any atom is -0.790 e. The molecule has 20 nitrogen and oxygen atoms in total. The van der Waals surface area contributed by atoms with E-state index in [1.807, 2.05) is 0 Å². The molecule has 0 rings (SSSR count). The summed E-state index contributed by atoms with van der Waals surface area (Å²) in [6.45, 7) is 0. The number of rotatable bonds is 8. The second kappa shape index (κ2) is 20.4. The van der Waals surface area contributed by atoms with Crippen molar-refractivity contribution in [3.63, 3.8) is 0 Å². The SMILES string of the molecule is O=P([O-])([O-])OP(=O)([O-])OP(=O)([O-])[O-].O=P([O-])([O-])OP(=O)([O-])OP(=O)([O-])[O-].[Cd+2].[Cd+2].[Cd+2].[Cd+2].[Cd+2]. The van der Waals surface area contributed by atoms with E-state index in [2.05, 4.69) is 17.2 Å². The molecule has 0 bridgehead atoms. The van der Waals surface area contributed by atoms with E-state index < -0.39 is 46.9 Å². The molecule has 0 fully saturated rings. The minimum absolute atomic E-state index is 0. The Morgan fingerprint density at radius 3 is 0.484 bits per heavy atom. The fourth-order valence-electron chi connectivity index (χ4n) is 0.520. The maximum absolute atomic E-state index is 10.1. The zero-order valence-corrected chi connectivity index (χ0v) is 39.9. The summed E-state index contributed by atoms with van der Waals surface area (Å²) in [6.07, 6.45) is 0. The van der Waals surface area contributed by atoms with Crippen molar-refractivity contribution in [3.05, 3.63) is 0 Å². The molecule has 0 amide bonds. The van der Waals surface area contributed by atoms with Crippen LogP contribution in [-0.4, -0.2) is 0 Å². The first-order valence-electron chi connectivity index (χ1n) is 4.38. The molecule has 0 atom stereocenters. The van der Waals surface area contributed by atoms with Crippen LogP contribution in [0.15, 0.2) is 0 Å². The number of hydrogen-bond donors (Lipinski definition) is 0. The van der Waals surface area contributed by atoms with Gasteiger partial charge in [0.05, 0.1) is 31.3 Å². The van der Waals surface area contributed by atoms with Crippen molar-refractivity contribution in [2.24, 2.45) is 0 Å². The van der Waals surface area contributed by atoms with Gasteiger partial charge in [-0.3, -0.25) is 26.4 Å². The quantitative estimate of drug-likeness (QED) is 0.161. The molecule has 0 aromatic heterocycles. The molecule has 31 heteroatoms. The molecule has 0 N–H and O–H groups in total. The summed E-state index contributed by atoms with van der Waals surface area (Å²) in [7, 11) is -35.8. The average Bonchev–Trinajstić information content (AvgIpc) is 1.97. The van der Waals surface area contributed by atoms with E-state index in [1.54, 1.807) is 0 Å². The van der Waals surface area contributed by atoms with Crippen LogP contribution >= 0.6 is 46.9 Å². The topological polar surface area (TPSA) is 370 Å². The van der Waals surface area contributed by atoms with Gasteiger partial charge in [0.25, 0.3) is 15.6 Å². The largest absolute Gasteiger partial charge is 2.00 e. The van der Waals surface area contributed by atoms with Crippen molar-refractivity contribution in [3.8, 4) is 0 Å². The van der Waals surface area contributed by atoms with Gasteiger partial charge < -0.3 is 67.2 Å². The molecule has 0 aliphatic heterocycles. The molecule has 0 spiro atoms. The van der Waals surface area contributed by atoms with Gasteiger partial charge in [0, 0.05) is 0 Å². The van der Waals surface area contributed by atoms with E-state index >= 15 is 0 Å². The summed E-state index contributed by atoms with van der Waals surface area (Å²) >= 11 is 0. The first-order chi connectivity index (χ1) is 10.8. The predicted octanol–water partition coefficient (Wildman–Crippen LogP) is -7.72. The van der Waals surface area contributed by atoms with Crippen LogP contribution in [0.2, 0.25) is 0 Å². The molecule has 31 heavy (non-hydrogen) atoms. The second-order valence-corrected chi connectivity index (χ2v) is 11.0. The van der Waals surface area contributed by atoms with Crippen molar-refractivity contribution in [2.75, 3.05) is 0 Å². The summed E-state index contributed by atoms with van der Waals surface area (Å²) in [5.74, 6) is 0. The zero-order valence-electron chi connectivity index (χ0n) is 14.4. The van der Waals surface area contributed by atoms with E-state index in [0.29, 0.717) is 0 Å². The van der Waals surface area contributed by atoms with Crippen molar-refractivity contribution in [1.82, 2.24) is 0 Å². The summed E-state index contributed by atoms with van der Waals surface area (Å²) in [5, 5.41) is 0. The van der Waals surface area contributed by atoms with Crippen LogP contribution in [0, 0.1) is 0 Å².